The third-order valence-corrected chi connectivity index (χ3v) is 5.39. The molecule has 11 heteroatoms. The van der Waals surface area contributed by atoms with Crippen LogP contribution in [0.4, 0.5) is 24.5 Å². The lowest BCUT2D eigenvalue weighted by Gasteiger charge is -2.36. The van der Waals surface area contributed by atoms with Crippen LogP contribution in [0.15, 0.2) is 12.1 Å². The summed E-state index contributed by atoms with van der Waals surface area (Å²) in [5, 5.41) is 10.7. The fourth-order valence-corrected chi connectivity index (χ4v) is 3.84. The van der Waals surface area contributed by atoms with Crippen molar-refractivity contribution in [2.75, 3.05) is 44.3 Å². The molecule has 0 aromatic heterocycles. The number of amides is 1. The van der Waals surface area contributed by atoms with Gasteiger partial charge in [-0.25, -0.2) is 0 Å². The van der Waals surface area contributed by atoms with E-state index in [1.54, 1.807) is 9.80 Å². The van der Waals surface area contributed by atoms with E-state index in [9.17, 15) is 28.1 Å². The van der Waals surface area contributed by atoms with Crippen molar-refractivity contribution < 1.29 is 27.6 Å². The van der Waals surface area contributed by atoms with Gasteiger partial charge in [-0.05, 0) is 18.9 Å². The highest BCUT2D eigenvalue weighted by Crippen LogP contribution is 2.42. The van der Waals surface area contributed by atoms with E-state index in [0.717, 1.165) is 6.07 Å². The molecular formula is C17H19ClF3N3O4. The summed E-state index contributed by atoms with van der Waals surface area (Å²) in [7, 11) is 0. The lowest BCUT2D eigenvalue weighted by atomic mass is 9.94. The predicted octanol–water partition coefficient (Wildman–Crippen LogP) is 3.34. The van der Waals surface area contributed by atoms with Gasteiger partial charge in [0.15, 0.2) is 0 Å². The number of rotatable bonds is 3. The first-order valence-corrected chi connectivity index (χ1v) is 9.23. The van der Waals surface area contributed by atoms with Crippen molar-refractivity contribution in [3.8, 4) is 0 Å². The van der Waals surface area contributed by atoms with Crippen molar-refractivity contribution in [2.45, 2.75) is 19.0 Å². The monoisotopic (exact) mass is 421 g/mol. The molecule has 0 unspecified atom stereocenters. The van der Waals surface area contributed by atoms with Crippen molar-refractivity contribution in [2.24, 2.45) is 5.92 Å². The molecule has 2 aliphatic heterocycles. The molecule has 2 heterocycles. The lowest BCUT2D eigenvalue weighted by molar-refractivity contribution is -0.384. The molecule has 2 aliphatic rings. The van der Waals surface area contributed by atoms with Crippen LogP contribution in [0.25, 0.3) is 0 Å². The molecule has 2 fully saturated rings. The van der Waals surface area contributed by atoms with Gasteiger partial charge in [0.1, 0.15) is 5.69 Å². The van der Waals surface area contributed by atoms with E-state index in [2.05, 4.69) is 0 Å². The van der Waals surface area contributed by atoms with E-state index in [1.807, 2.05) is 0 Å². The molecule has 2 saturated heterocycles. The summed E-state index contributed by atoms with van der Waals surface area (Å²) in [5.41, 5.74) is -1.84. The van der Waals surface area contributed by atoms with Crippen LogP contribution in [0.2, 0.25) is 5.02 Å². The number of nitrogens with zero attached hydrogens (tertiary/aromatic N) is 3. The largest absolute Gasteiger partial charge is 0.418 e. The van der Waals surface area contributed by atoms with Gasteiger partial charge in [0.2, 0.25) is 5.91 Å². The first-order valence-electron chi connectivity index (χ1n) is 8.85. The molecule has 0 bridgehead atoms. The average molecular weight is 422 g/mol. The van der Waals surface area contributed by atoms with Crippen molar-refractivity contribution in [3.05, 3.63) is 32.8 Å². The van der Waals surface area contributed by atoms with E-state index in [4.69, 9.17) is 16.3 Å². The molecule has 0 atom stereocenters. The Kier molecular flexibility index (Phi) is 5.99. The number of alkyl halides is 3. The summed E-state index contributed by atoms with van der Waals surface area (Å²) in [6.45, 7) is 2.73. The van der Waals surface area contributed by atoms with Crippen LogP contribution in [-0.4, -0.2) is 55.1 Å². The number of piperidine rings is 1. The minimum Gasteiger partial charge on any atom is -0.378 e. The lowest BCUT2D eigenvalue weighted by Crippen LogP contribution is -2.46. The molecule has 28 heavy (non-hydrogen) atoms. The number of carbonyl (C=O) groups is 1. The minimum atomic E-state index is -4.78. The number of nitro groups is 1. The van der Waals surface area contributed by atoms with Crippen LogP contribution in [0, 0.1) is 16.0 Å². The van der Waals surface area contributed by atoms with E-state index in [-0.39, 0.29) is 17.5 Å². The number of anilines is 1. The number of morpholine rings is 1. The van der Waals surface area contributed by atoms with Crippen LogP contribution in [0.5, 0.6) is 0 Å². The van der Waals surface area contributed by atoms with Gasteiger partial charge in [-0.1, -0.05) is 11.6 Å². The van der Waals surface area contributed by atoms with Gasteiger partial charge in [0, 0.05) is 38.2 Å². The van der Waals surface area contributed by atoms with Crippen molar-refractivity contribution in [1.29, 1.82) is 0 Å². The van der Waals surface area contributed by atoms with E-state index in [1.165, 1.54) is 0 Å². The molecule has 154 valence electrons. The second-order valence-electron chi connectivity index (χ2n) is 6.77. The molecular weight excluding hydrogens is 403 g/mol. The van der Waals surface area contributed by atoms with Crippen LogP contribution in [0.3, 0.4) is 0 Å². The van der Waals surface area contributed by atoms with E-state index < -0.39 is 27.4 Å². The topological polar surface area (TPSA) is 75.9 Å². The van der Waals surface area contributed by atoms with Crippen LogP contribution >= 0.6 is 11.6 Å². The standard InChI is InChI=1S/C17H19ClF3N3O4/c18-13-10-14(15(24(26)27)9-12(13)17(19,20)21)22-3-1-11(2-4-22)16(25)23-5-7-28-8-6-23/h9-11H,1-8H2. The molecule has 1 aromatic rings. The van der Waals surface area contributed by atoms with Gasteiger partial charge < -0.3 is 14.5 Å². The summed E-state index contributed by atoms with van der Waals surface area (Å²) in [6, 6.07) is 1.47. The Balaban J connectivity index is 1.75. The van der Waals surface area contributed by atoms with E-state index in [0.29, 0.717) is 58.3 Å². The summed E-state index contributed by atoms with van der Waals surface area (Å²) in [5.74, 6) is -0.179. The zero-order chi connectivity index (χ0) is 20.5. The second-order valence-corrected chi connectivity index (χ2v) is 7.18. The number of benzene rings is 1. The van der Waals surface area contributed by atoms with Gasteiger partial charge in [0.25, 0.3) is 5.69 Å². The molecule has 1 amide bonds. The third kappa shape index (κ3) is 4.33. The average Bonchev–Trinajstić information content (AvgIpc) is 2.67. The highest BCUT2D eigenvalue weighted by Gasteiger charge is 2.38. The zero-order valence-corrected chi connectivity index (χ0v) is 15.6. The molecule has 0 saturated carbocycles. The summed E-state index contributed by atoms with van der Waals surface area (Å²) in [6.07, 6.45) is -3.85. The van der Waals surface area contributed by atoms with Crippen LogP contribution < -0.4 is 4.90 Å². The molecule has 7 nitrogen and oxygen atoms in total. The smallest absolute Gasteiger partial charge is 0.378 e. The first-order chi connectivity index (χ1) is 13.2. The Bertz CT molecular complexity index is 761. The SMILES string of the molecule is O=C(C1CCN(c2cc(Cl)c(C(F)(F)F)cc2[N+](=O)[O-])CC1)N1CCOCC1. The maximum absolute atomic E-state index is 13.0. The highest BCUT2D eigenvalue weighted by molar-refractivity contribution is 6.31. The van der Waals surface area contributed by atoms with Crippen LogP contribution in [0.1, 0.15) is 18.4 Å². The molecule has 0 radical (unpaired) electrons. The molecule has 1 aromatic carbocycles. The number of hydrogen-bond donors (Lipinski definition) is 0. The number of carbonyl (C=O) groups excluding carboxylic acids is 1. The number of hydrogen-bond acceptors (Lipinski definition) is 5. The van der Waals surface area contributed by atoms with Crippen molar-refractivity contribution in [3.63, 3.8) is 0 Å². The van der Waals surface area contributed by atoms with Gasteiger partial charge in [-0.3, -0.25) is 14.9 Å². The number of ether oxygens (including phenoxy) is 1. The second kappa shape index (κ2) is 8.12. The fourth-order valence-electron chi connectivity index (χ4n) is 3.58. The summed E-state index contributed by atoms with van der Waals surface area (Å²) in [4.78, 5) is 26.4. The zero-order valence-electron chi connectivity index (χ0n) is 14.9. The highest BCUT2D eigenvalue weighted by atomic mass is 35.5. The Morgan fingerprint density at radius 2 is 1.79 bits per heavy atom. The molecule has 0 N–H and O–H groups in total. The number of halogens is 4. The molecule has 3 rings (SSSR count). The van der Waals surface area contributed by atoms with Gasteiger partial charge in [-0.15, -0.1) is 0 Å². The Hall–Kier alpha value is -2.07. The fraction of sp³-hybridized carbons (Fsp3) is 0.588. The Morgan fingerprint density at radius 1 is 1.18 bits per heavy atom. The molecule has 0 spiro atoms. The van der Waals surface area contributed by atoms with Gasteiger partial charge in [-0.2, -0.15) is 13.2 Å². The van der Waals surface area contributed by atoms with Crippen molar-refractivity contribution in [1.82, 2.24) is 4.90 Å². The van der Waals surface area contributed by atoms with Crippen LogP contribution in [-0.2, 0) is 15.7 Å². The van der Waals surface area contributed by atoms with E-state index >= 15 is 0 Å². The summed E-state index contributed by atoms with van der Waals surface area (Å²) >= 11 is 5.75. The molecule has 0 aliphatic carbocycles. The normalized spacial score (nSPS) is 19.0. The third-order valence-electron chi connectivity index (χ3n) is 5.07. The maximum atomic E-state index is 13.0. The number of nitro benzene ring substituents is 1. The first kappa shape index (κ1) is 20.7. The van der Waals surface area contributed by atoms with Gasteiger partial charge >= 0.3 is 6.18 Å². The summed E-state index contributed by atoms with van der Waals surface area (Å²) < 4.78 is 44.3. The minimum absolute atomic E-state index is 0.0305. The predicted molar refractivity (Wildman–Crippen MR) is 95.4 cm³/mol. The Morgan fingerprint density at radius 3 is 2.32 bits per heavy atom. The Labute approximate surface area is 164 Å². The van der Waals surface area contributed by atoms with Gasteiger partial charge in [0.05, 0.1) is 28.7 Å². The maximum Gasteiger partial charge on any atom is 0.418 e. The van der Waals surface area contributed by atoms with Crippen molar-refractivity contribution >= 4 is 28.9 Å². The quantitative estimate of drug-likeness (QED) is 0.552.